The van der Waals surface area contributed by atoms with Crippen molar-refractivity contribution in [2.75, 3.05) is 55.9 Å². The summed E-state index contributed by atoms with van der Waals surface area (Å²) < 4.78 is 31.8. The summed E-state index contributed by atoms with van der Waals surface area (Å²) in [5, 5.41) is 4.32. The van der Waals surface area contributed by atoms with Crippen molar-refractivity contribution < 1.29 is 23.4 Å². The van der Waals surface area contributed by atoms with E-state index in [1.54, 1.807) is 24.3 Å². The summed E-state index contributed by atoms with van der Waals surface area (Å²) in [6, 6.07) is 14.7. The van der Waals surface area contributed by atoms with Crippen LogP contribution >= 0.6 is 10.6 Å². The van der Waals surface area contributed by atoms with E-state index in [9.17, 15) is 13.9 Å². The summed E-state index contributed by atoms with van der Waals surface area (Å²) in [5.41, 5.74) is 8.73. The average molecular weight is 499 g/mol. The van der Waals surface area contributed by atoms with Crippen molar-refractivity contribution in [1.82, 2.24) is 4.98 Å². The third kappa shape index (κ3) is 4.55. The number of pyridine rings is 1. The monoisotopic (exact) mass is 498 g/mol. The van der Waals surface area contributed by atoms with Gasteiger partial charge >= 0.3 is 5.97 Å². The Bertz CT molecular complexity index is 1260. The second-order valence-corrected chi connectivity index (χ2v) is 11.4. The van der Waals surface area contributed by atoms with Crippen LogP contribution in [-0.2, 0) is 16.0 Å². The number of benzene rings is 2. The molecule has 0 spiro atoms. The molecule has 10 heteroatoms. The highest BCUT2D eigenvalue weighted by Crippen LogP contribution is 2.51. The highest BCUT2D eigenvalue weighted by atomic mass is 32.3. The molecule has 0 amide bonds. The van der Waals surface area contributed by atoms with Gasteiger partial charge in [0.15, 0.2) is 0 Å². The molecule has 0 atom stereocenters. The van der Waals surface area contributed by atoms with Gasteiger partial charge in [-0.25, -0.2) is 9.78 Å². The lowest BCUT2D eigenvalue weighted by atomic mass is 9.86. The molecule has 3 aromatic rings. The van der Waals surface area contributed by atoms with Crippen LogP contribution in [0, 0.1) is 5.41 Å². The Labute approximate surface area is 205 Å². The molecule has 0 radical (unpaired) electrons. The first kappa shape index (κ1) is 23.8. The van der Waals surface area contributed by atoms with E-state index in [-0.39, 0.29) is 11.2 Å². The molecule has 5 N–H and O–H groups in total. The molecule has 2 aromatic carbocycles. The van der Waals surface area contributed by atoms with E-state index in [1.165, 1.54) is 7.11 Å². The van der Waals surface area contributed by atoms with Crippen LogP contribution in [0.2, 0.25) is 0 Å². The second-order valence-electron chi connectivity index (χ2n) is 9.20. The van der Waals surface area contributed by atoms with Gasteiger partial charge in [-0.15, -0.1) is 0 Å². The highest BCUT2D eigenvalue weighted by Gasteiger charge is 2.37. The third-order valence-electron chi connectivity index (χ3n) is 6.78. The number of nitrogens with zero attached hydrogens (tertiary/aromatic N) is 2. The quantitative estimate of drug-likeness (QED) is 0.377. The zero-order chi connectivity index (χ0) is 24.6. The number of nitrogens with one attached hydrogen (secondary N) is 1. The number of aromatic nitrogens is 1. The molecular formula is C25H30N4O5S. The molecule has 0 bridgehead atoms. The number of methoxy groups -OCH3 is 1. The zero-order valence-corrected chi connectivity index (χ0v) is 20.4. The molecule has 186 valence electrons. The molecule has 2 aliphatic heterocycles. The van der Waals surface area contributed by atoms with Crippen molar-refractivity contribution in [2.45, 2.75) is 11.4 Å². The number of carbonyl (C=O) groups excluding carboxylic acids is 1. The fourth-order valence-corrected chi connectivity index (χ4v) is 6.06. The summed E-state index contributed by atoms with van der Waals surface area (Å²) in [6.07, 6.45) is 0. The SMILES string of the molecule is COC(=O)c1ccc2nc(N3CCS(O)(O)c4ccccc4C3)cc(NCC3(CN)COC3)c2c1. The van der Waals surface area contributed by atoms with Crippen LogP contribution in [0.25, 0.3) is 10.9 Å². The van der Waals surface area contributed by atoms with Crippen LogP contribution in [0.1, 0.15) is 15.9 Å². The normalized spacial score (nSPS) is 19.3. The molecule has 9 nitrogen and oxygen atoms in total. The summed E-state index contributed by atoms with van der Waals surface area (Å²) >= 11 is 0. The minimum atomic E-state index is -2.88. The maximum atomic E-state index is 12.2. The molecule has 3 heterocycles. The van der Waals surface area contributed by atoms with E-state index >= 15 is 0 Å². The number of nitrogens with two attached hydrogens (primary N) is 1. The second kappa shape index (κ2) is 9.29. The topological polar surface area (TPSA) is 130 Å². The predicted molar refractivity (Wildman–Crippen MR) is 137 cm³/mol. The van der Waals surface area contributed by atoms with Crippen LogP contribution in [0.3, 0.4) is 0 Å². The number of esters is 1. The number of anilines is 2. The minimum absolute atomic E-state index is 0.131. The first-order valence-corrected chi connectivity index (χ1v) is 13.2. The standard InChI is InChI=1S/C25H30N4O5S/c1-33-24(30)17-6-7-20-19(10-17)21(27-14-25(13-26)15-34-16-25)11-23(28-20)29-8-9-35(31,32)22-5-3-2-4-18(22)12-29/h2-7,10-11,31-32H,8-9,12-16,26H2,1H3,(H,27,28). The van der Waals surface area contributed by atoms with Gasteiger partial charge in [0, 0.05) is 48.7 Å². The van der Waals surface area contributed by atoms with Crippen LogP contribution in [-0.4, -0.2) is 65.8 Å². The minimum Gasteiger partial charge on any atom is -0.465 e. The fraction of sp³-hybridized carbons (Fsp3) is 0.360. The van der Waals surface area contributed by atoms with E-state index in [0.717, 1.165) is 16.6 Å². The Morgan fingerprint density at radius 2 is 2.06 bits per heavy atom. The number of fused-ring (bicyclic) bond motifs is 2. The maximum absolute atomic E-state index is 12.2. The summed E-state index contributed by atoms with van der Waals surface area (Å²) in [7, 11) is -1.53. The van der Waals surface area contributed by atoms with Crippen molar-refractivity contribution in [1.29, 1.82) is 0 Å². The average Bonchev–Trinajstić information content (AvgIpc) is 2.98. The van der Waals surface area contributed by atoms with E-state index in [0.29, 0.717) is 61.2 Å². The lowest BCUT2D eigenvalue weighted by Crippen LogP contribution is -2.52. The van der Waals surface area contributed by atoms with Crippen molar-refractivity contribution >= 4 is 39.0 Å². The van der Waals surface area contributed by atoms with Gasteiger partial charge in [-0.1, -0.05) is 18.2 Å². The molecule has 0 saturated carbocycles. The molecule has 35 heavy (non-hydrogen) atoms. The summed E-state index contributed by atoms with van der Waals surface area (Å²) in [6.45, 7) is 3.26. The van der Waals surface area contributed by atoms with Crippen LogP contribution < -0.4 is 16.0 Å². The molecular weight excluding hydrogens is 468 g/mol. The number of ether oxygens (including phenoxy) is 2. The van der Waals surface area contributed by atoms with Crippen molar-refractivity contribution in [2.24, 2.45) is 11.1 Å². The Kier molecular flexibility index (Phi) is 6.32. The van der Waals surface area contributed by atoms with Crippen LogP contribution in [0.15, 0.2) is 53.4 Å². The van der Waals surface area contributed by atoms with Gasteiger partial charge in [0.1, 0.15) is 5.82 Å². The third-order valence-corrected chi connectivity index (χ3v) is 8.63. The Balaban J connectivity index is 1.55. The number of rotatable bonds is 6. The molecule has 1 saturated heterocycles. The zero-order valence-electron chi connectivity index (χ0n) is 19.6. The van der Waals surface area contributed by atoms with Crippen LogP contribution in [0.5, 0.6) is 0 Å². The first-order valence-electron chi connectivity index (χ1n) is 11.5. The van der Waals surface area contributed by atoms with Gasteiger partial charge in [0.05, 0.1) is 42.1 Å². The van der Waals surface area contributed by atoms with Gasteiger partial charge in [-0.05, 0) is 29.8 Å². The van der Waals surface area contributed by atoms with E-state index in [1.807, 2.05) is 24.3 Å². The van der Waals surface area contributed by atoms with Crippen LogP contribution in [0.4, 0.5) is 11.5 Å². The van der Waals surface area contributed by atoms with E-state index in [4.69, 9.17) is 20.2 Å². The largest absolute Gasteiger partial charge is 0.465 e. The predicted octanol–water partition coefficient (Wildman–Crippen LogP) is 3.54. The Hall–Kier alpha value is -2.89. The first-order chi connectivity index (χ1) is 16.8. The van der Waals surface area contributed by atoms with Gasteiger partial charge < -0.3 is 25.4 Å². The highest BCUT2D eigenvalue weighted by molar-refractivity contribution is 8.24. The Morgan fingerprint density at radius 3 is 2.77 bits per heavy atom. The lowest BCUT2D eigenvalue weighted by Gasteiger charge is -2.40. The summed E-state index contributed by atoms with van der Waals surface area (Å²) in [4.78, 5) is 19.7. The fourth-order valence-electron chi connectivity index (χ4n) is 4.51. The number of carbonyl (C=O) groups is 1. The summed E-state index contributed by atoms with van der Waals surface area (Å²) in [5.74, 6) is 0.521. The number of hydrogen-bond acceptors (Lipinski definition) is 9. The van der Waals surface area contributed by atoms with Gasteiger partial charge in [-0.2, -0.15) is 10.6 Å². The van der Waals surface area contributed by atoms with E-state index in [2.05, 4.69) is 10.2 Å². The van der Waals surface area contributed by atoms with Crippen molar-refractivity contribution in [3.63, 3.8) is 0 Å². The van der Waals surface area contributed by atoms with Crippen molar-refractivity contribution in [3.05, 3.63) is 59.7 Å². The molecule has 1 fully saturated rings. The molecule has 2 aliphatic rings. The Morgan fingerprint density at radius 1 is 1.26 bits per heavy atom. The maximum Gasteiger partial charge on any atom is 0.337 e. The molecule has 0 aliphatic carbocycles. The van der Waals surface area contributed by atoms with E-state index < -0.39 is 16.6 Å². The molecule has 5 rings (SSSR count). The van der Waals surface area contributed by atoms with Gasteiger partial charge in [-0.3, -0.25) is 9.11 Å². The molecule has 0 unspecified atom stereocenters. The van der Waals surface area contributed by atoms with Gasteiger partial charge in [0.25, 0.3) is 0 Å². The number of hydrogen-bond donors (Lipinski definition) is 4. The van der Waals surface area contributed by atoms with Gasteiger partial charge in [0.2, 0.25) is 0 Å². The lowest BCUT2D eigenvalue weighted by molar-refractivity contribution is -0.0979. The van der Waals surface area contributed by atoms with Crippen molar-refractivity contribution in [3.8, 4) is 0 Å². The molecule has 1 aromatic heterocycles. The smallest absolute Gasteiger partial charge is 0.337 e.